The summed E-state index contributed by atoms with van der Waals surface area (Å²) in [6, 6.07) is 18.1. The second-order valence-electron chi connectivity index (χ2n) is 6.10. The van der Waals surface area contributed by atoms with Crippen molar-refractivity contribution >= 4 is 29.9 Å². The van der Waals surface area contributed by atoms with Crippen molar-refractivity contribution < 1.29 is 5.11 Å². The highest BCUT2D eigenvalue weighted by Crippen LogP contribution is 2.13. The molecule has 3 rings (SSSR count). The Bertz CT molecular complexity index is 837. The van der Waals surface area contributed by atoms with Crippen LogP contribution in [0, 0.1) is 0 Å². The molecule has 1 unspecified atom stereocenters. The molecule has 0 aliphatic rings. The van der Waals surface area contributed by atoms with Gasteiger partial charge in [-0.25, -0.2) is 9.67 Å². The first-order valence-electron chi connectivity index (χ1n) is 8.84. The van der Waals surface area contributed by atoms with Crippen molar-refractivity contribution in [3.8, 4) is 5.69 Å². The fraction of sp³-hybridized carbons (Fsp3) is 0.250. The van der Waals surface area contributed by atoms with Crippen LogP contribution in [-0.2, 0) is 6.54 Å². The van der Waals surface area contributed by atoms with Gasteiger partial charge in [0.25, 0.3) is 0 Å². The predicted octanol–water partition coefficient (Wildman–Crippen LogP) is 2.33. The van der Waals surface area contributed by atoms with Gasteiger partial charge in [-0.3, -0.25) is 4.99 Å². The van der Waals surface area contributed by atoms with Gasteiger partial charge in [-0.15, -0.1) is 24.0 Å². The number of aliphatic imine (C=N–C) groups is 1. The lowest BCUT2D eigenvalue weighted by molar-refractivity contribution is 0.265. The van der Waals surface area contributed by atoms with Crippen LogP contribution in [-0.4, -0.2) is 46.0 Å². The Balaban J connectivity index is 0.00000280. The number of benzene rings is 2. The summed E-state index contributed by atoms with van der Waals surface area (Å²) in [4.78, 5) is 8.20. The largest absolute Gasteiger partial charge is 0.396 e. The first-order valence-corrected chi connectivity index (χ1v) is 8.84. The standard InChI is InChI=1S/C20H24N6O.HI/c1-21-20(24-12-18(13-27)17-5-3-2-4-6-17)23-11-16-7-9-19(10-8-16)26-15-22-14-25-26;/h2-10,14-15,18,27H,11-13H2,1H3,(H2,21,23,24);1H. The molecule has 3 N–H and O–H groups in total. The molecular formula is C20H25IN6O. The lowest BCUT2D eigenvalue weighted by Crippen LogP contribution is -2.39. The first-order chi connectivity index (χ1) is 13.3. The smallest absolute Gasteiger partial charge is 0.191 e. The molecule has 1 heterocycles. The number of aliphatic hydroxyl groups is 1. The van der Waals surface area contributed by atoms with Crippen molar-refractivity contribution in [2.24, 2.45) is 4.99 Å². The third-order valence-electron chi connectivity index (χ3n) is 4.31. The van der Waals surface area contributed by atoms with Gasteiger partial charge in [0.15, 0.2) is 5.96 Å². The normalized spacial score (nSPS) is 12.1. The number of hydrogen-bond acceptors (Lipinski definition) is 4. The molecule has 0 bridgehead atoms. The van der Waals surface area contributed by atoms with E-state index < -0.39 is 0 Å². The van der Waals surface area contributed by atoms with Crippen molar-refractivity contribution in [3.05, 3.63) is 78.4 Å². The maximum absolute atomic E-state index is 9.67. The molecule has 3 aromatic rings. The lowest BCUT2D eigenvalue weighted by Gasteiger charge is -2.18. The Morgan fingerprint density at radius 2 is 1.86 bits per heavy atom. The summed E-state index contributed by atoms with van der Waals surface area (Å²) < 4.78 is 1.72. The van der Waals surface area contributed by atoms with Crippen molar-refractivity contribution in [2.45, 2.75) is 12.5 Å². The summed E-state index contributed by atoms with van der Waals surface area (Å²) in [6.45, 7) is 1.33. The van der Waals surface area contributed by atoms with E-state index in [0.717, 1.165) is 16.8 Å². The zero-order valence-electron chi connectivity index (χ0n) is 15.7. The van der Waals surface area contributed by atoms with Crippen LogP contribution in [0.25, 0.3) is 5.69 Å². The zero-order valence-corrected chi connectivity index (χ0v) is 18.0. The molecule has 0 spiro atoms. The minimum atomic E-state index is 0. The second-order valence-corrected chi connectivity index (χ2v) is 6.10. The van der Waals surface area contributed by atoms with Crippen molar-refractivity contribution in [2.75, 3.05) is 20.2 Å². The van der Waals surface area contributed by atoms with Crippen molar-refractivity contribution in [1.82, 2.24) is 25.4 Å². The maximum Gasteiger partial charge on any atom is 0.191 e. The third-order valence-corrected chi connectivity index (χ3v) is 4.31. The van der Waals surface area contributed by atoms with Gasteiger partial charge < -0.3 is 15.7 Å². The molecule has 0 saturated carbocycles. The molecule has 0 saturated heterocycles. The molecule has 2 aromatic carbocycles. The molecule has 8 heteroatoms. The van der Waals surface area contributed by atoms with Gasteiger partial charge in [-0.1, -0.05) is 42.5 Å². The number of rotatable bonds is 7. The Kier molecular flexibility index (Phi) is 8.89. The summed E-state index contributed by atoms with van der Waals surface area (Å²) in [5.41, 5.74) is 3.20. The number of halogens is 1. The Hall–Kier alpha value is -2.46. The molecule has 1 atom stereocenters. The molecular weight excluding hydrogens is 467 g/mol. The van der Waals surface area contributed by atoms with Crippen LogP contribution in [0.15, 0.2) is 72.2 Å². The highest BCUT2D eigenvalue weighted by molar-refractivity contribution is 14.0. The number of guanidine groups is 1. The van der Waals surface area contributed by atoms with Crippen LogP contribution in [0.1, 0.15) is 17.0 Å². The zero-order chi connectivity index (χ0) is 18.9. The van der Waals surface area contributed by atoms with E-state index in [4.69, 9.17) is 0 Å². The second kappa shape index (κ2) is 11.4. The van der Waals surface area contributed by atoms with Crippen LogP contribution in [0.5, 0.6) is 0 Å². The van der Waals surface area contributed by atoms with Crippen molar-refractivity contribution in [3.63, 3.8) is 0 Å². The van der Waals surface area contributed by atoms with Crippen molar-refractivity contribution in [1.29, 1.82) is 0 Å². The van der Waals surface area contributed by atoms with Crippen LogP contribution in [0.3, 0.4) is 0 Å². The average Bonchev–Trinajstić information content (AvgIpc) is 3.27. The topological polar surface area (TPSA) is 87.4 Å². The summed E-state index contributed by atoms with van der Waals surface area (Å²) in [7, 11) is 1.74. The van der Waals surface area contributed by atoms with E-state index >= 15 is 0 Å². The highest BCUT2D eigenvalue weighted by Gasteiger charge is 2.10. The van der Waals surface area contributed by atoms with Gasteiger partial charge in [0, 0.05) is 26.1 Å². The van der Waals surface area contributed by atoms with E-state index in [1.165, 1.54) is 6.33 Å². The first kappa shape index (κ1) is 21.8. The minimum absolute atomic E-state index is 0. The molecule has 28 heavy (non-hydrogen) atoms. The maximum atomic E-state index is 9.67. The fourth-order valence-electron chi connectivity index (χ4n) is 2.75. The van der Waals surface area contributed by atoms with Crippen LogP contribution in [0.4, 0.5) is 0 Å². The Morgan fingerprint density at radius 1 is 1.11 bits per heavy atom. The molecule has 0 amide bonds. The summed E-state index contributed by atoms with van der Waals surface area (Å²) in [5, 5.41) is 20.4. The number of nitrogens with one attached hydrogen (secondary N) is 2. The van der Waals surface area contributed by atoms with E-state index in [0.29, 0.717) is 19.0 Å². The van der Waals surface area contributed by atoms with Gasteiger partial charge in [0.2, 0.25) is 0 Å². The van der Waals surface area contributed by atoms with Gasteiger partial charge in [0.05, 0.1) is 12.3 Å². The monoisotopic (exact) mass is 492 g/mol. The van der Waals surface area contributed by atoms with Gasteiger partial charge in [-0.05, 0) is 23.3 Å². The summed E-state index contributed by atoms with van der Waals surface area (Å²) in [5.74, 6) is 0.719. The molecule has 7 nitrogen and oxygen atoms in total. The summed E-state index contributed by atoms with van der Waals surface area (Å²) in [6.07, 6.45) is 3.18. The van der Waals surface area contributed by atoms with E-state index in [1.54, 1.807) is 18.1 Å². The molecule has 0 radical (unpaired) electrons. The molecule has 0 aliphatic heterocycles. The van der Waals surface area contributed by atoms with Crippen LogP contribution in [0.2, 0.25) is 0 Å². The summed E-state index contributed by atoms with van der Waals surface area (Å²) >= 11 is 0. The molecule has 0 aliphatic carbocycles. The molecule has 0 fully saturated rings. The number of nitrogens with zero attached hydrogens (tertiary/aromatic N) is 4. The van der Waals surface area contributed by atoms with Gasteiger partial charge >= 0.3 is 0 Å². The highest BCUT2D eigenvalue weighted by atomic mass is 127. The van der Waals surface area contributed by atoms with Gasteiger partial charge in [-0.2, -0.15) is 5.10 Å². The average molecular weight is 492 g/mol. The van der Waals surface area contributed by atoms with Gasteiger partial charge in [0.1, 0.15) is 12.7 Å². The van der Waals surface area contributed by atoms with E-state index in [9.17, 15) is 5.11 Å². The van der Waals surface area contributed by atoms with E-state index in [2.05, 4.69) is 25.7 Å². The molecule has 1 aromatic heterocycles. The van der Waals surface area contributed by atoms with E-state index in [-0.39, 0.29) is 36.5 Å². The van der Waals surface area contributed by atoms with E-state index in [1.807, 2.05) is 54.6 Å². The molecule has 148 valence electrons. The third kappa shape index (κ3) is 6.03. The number of aromatic nitrogens is 3. The number of hydrogen-bond donors (Lipinski definition) is 3. The Labute approximate surface area is 181 Å². The minimum Gasteiger partial charge on any atom is -0.396 e. The van der Waals surface area contributed by atoms with Crippen LogP contribution < -0.4 is 10.6 Å². The van der Waals surface area contributed by atoms with Crippen LogP contribution >= 0.6 is 24.0 Å². The predicted molar refractivity (Wildman–Crippen MR) is 121 cm³/mol. The fourth-order valence-corrected chi connectivity index (χ4v) is 2.75. The number of aliphatic hydroxyl groups excluding tert-OH is 1. The SMILES string of the molecule is CN=C(NCc1ccc(-n2cncn2)cc1)NCC(CO)c1ccccc1.I. The quantitative estimate of drug-likeness (QED) is 0.268. The Morgan fingerprint density at radius 3 is 2.46 bits per heavy atom. The lowest BCUT2D eigenvalue weighted by atomic mass is 10.0.